The van der Waals surface area contributed by atoms with Gasteiger partial charge in [-0.1, -0.05) is 41.1 Å². The molecule has 2 aliphatic heterocycles. The van der Waals surface area contributed by atoms with E-state index in [0.29, 0.717) is 24.7 Å². The van der Waals surface area contributed by atoms with Crippen molar-refractivity contribution in [3.05, 3.63) is 83.1 Å². The molecule has 0 saturated carbocycles. The van der Waals surface area contributed by atoms with E-state index in [9.17, 15) is 5.11 Å². The number of imidazole rings is 1. The van der Waals surface area contributed by atoms with Crippen LogP contribution in [0.25, 0.3) is 11.8 Å². The Labute approximate surface area is 198 Å². The van der Waals surface area contributed by atoms with Gasteiger partial charge in [0, 0.05) is 6.20 Å². The van der Waals surface area contributed by atoms with Gasteiger partial charge in [-0.25, -0.2) is 4.98 Å². The number of nitrogens with zero attached hydrogens (tertiary/aromatic N) is 4. The van der Waals surface area contributed by atoms with Crippen LogP contribution >= 0.6 is 0 Å². The molecule has 0 radical (unpaired) electrons. The minimum absolute atomic E-state index is 0.127. The molecule has 1 fully saturated rings. The molecule has 5 rings (SSSR count). The topological polar surface area (TPSA) is 81.3 Å². The van der Waals surface area contributed by atoms with Crippen LogP contribution in [0.3, 0.4) is 0 Å². The first kappa shape index (κ1) is 22.0. The lowest BCUT2D eigenvalue weighted by Gasteiger charge is -2.43. The van der Waals surface area contributed by atoms with Crippen molar-refractivity contribution in [3.63, 3.8) is 0 Å². The Morgan fingerprint density at radius 3 is 2.71 bits per heavy atom. The van der Waals surface area contributed by atoms with Crippen LogP contribution in [0, 0.1) is 13.8 Å². The summed E-state index contributed by atoms with van der Waals surface area (Å²) in [4.78, 5) is 12.2. The number of hydrogen-bond donors (Lipinski definition) is 1. The highest BCUT2D eigenvalue weighted by molar-refractivity contribution is 6.01. The van der Waals surface area contributed by atoms with E-state index in [0.717, 1.165) is 28.3 Å². The van der Waals surface area contributed by atoms with Crippen molar-refractivity contribution >= 4 is 11.9 Å². The molecule has 0 amide bonds. The number of ether oxygens (including phenoxy) is 2. The SMILES string of the molecule is COc1cc(/C=C2\OCCN3C2=NOC(CO)C3c2ccc(C)cc2)ccc1-n1cnc(C)c1. The molecule has 2 aromatic carbocycles. The molecule has 8 nitrogen and oxygen atoms in total. The molecule has 1 saturated heterocycles. The molecule has 3 aromatic rings. The average Bonchev–Trinajstić information content (AvgIpc) is 3.30. The van der Waals surface area contributed by atoms with E-state index in [1.165, 1.54) is 5.56 Å². The van der Waals surface area contributed by atoms with Crippen molar-refractivity contribution in [2.75, 3.05) is 26.9 Å². The normalized spacial score (nSPS) is 20.9. The van der Waals surface area contributed by atoms with Gasteiger partial charge in [0.15, 0.2) is 11.9 Å². The second kappa shape index (κ2) is 9.23. The first-order valence-corrected chi connectivity index (χ1v) is 11.3. The van der Waals surface area contributed by atoms with E-state index >= 15 is 0 Å². The summed E-state index contributed by atoms with van der Waals surface area (Å²) in [7, 11) is 1.65. The number of hydrogen-bond acceptors (Lipinski definition) is 7. The largest absolute Gasteiger partial charge is 0.495 e. The number of fused-ring (bicyclic) bond motifs is 1. The Bertz CT molecular complexity index is 1230. The number of aryl methyl sites for hydroxylation is 2. The van der Waals surface area contributed by atoms with E-state index in [1.54, 1.807) is 13.4 Å². The van der Waals surface area contributed by atoms with E-state index in [1.807, 2.05) is 42.0 Å². The summed E-state index contributed by atoms with van der Waals surface area (Å²) in [5, 5.41) is 14.3. The van der Waals surface area contributed by atoms with Crippen LogP contribution in [0.5, 0.6) is 5.75 Å². The van der Waals surface area contributed by atoms with E-state index in [4.69, 9.17) is 14.3 Å². The Kier molecular flexibility index (Phi) is 5.98. The molecule has 34 heavy (non-hydrogen) atoms. The standard InChI is InChI=1S/C26H28N4O4/c1-17-4-7-20(8-5-17)25-24(15-31)34-28-26-23(33-11-10-30(25)26)13-19-6-9-21(22(12-19)32-3)29-14-18(2)27-16-29/h4-9,12-14,16,24-25,31H,10-11,15H2,1-3H3/b23-13-. The average molecular weight is 461 g/mol. The smallest absolute Gasteiger partial charge is 0.211 e. The fraction of sp³-hybridized carbons (Fsp3) is 0.308. The van der Waals surface area contributed by atoms with Gasteiger partial charge in [-0.05, 0) is 43.2 Å². The third-order valence-electron chi connectivity index (χ3n) is 6.13. The molecule has 2 unspecified atom stereocenters. The number of aliphatic hydroxyl groups excluding tert-OH is 1. The summed E-state index contributed by atoms with van der Waals surface area (Å²) in [5.41, 5.74) is 5.00. The monoisotopic (exact) mass is 460 g/mol. The molecular formula is C26H28N4O4. The molecule has 3 heterocycles. The molecule has 2 atom stereocenters. The van der Waals surface area contributed by atoms with Gasteiger partial charge in [0.2, 0.25) is 5.84 Å². The van der Waals surface area contributed by atoms with Crippen molar-refractivity contribution in [1.29, 1.82) is 0 Å². The number of benzene rings is 2. The van der Waals surface area contributed by atoms with Gasteiger partial charge in [-0.15, -0.1) is 0 Å². The number of morpholine rings is 1. The first-order chi connectivity index (χ1) is 16.6. The molecule has 0 bridgehead atoms. The van der Waals surface area contributed by atoms with Crippen molar-refractivity contribution in [2.24, 2.45) is 5.16 Å². The predicted octanol–water partition coefficient (Wildman–Crippen LogP) is 3.62. The minimum atomic E-state index is -0.455. The van der Waals surface area contributed by atoms with Crippen LogP contribution in [0.2, 0.25) is 0 Å². The highest BCUT2D eigenvalue weighted by Crippen LogP contribution is 2.35. The third kappa shape index (κ3) is 4.12. The number of aliphatic hydroxyl groups is 1. The summed E-state index contributed by atoms with van der Waals surface area (Å²) in [6, 6.07) is 14.1. The number of rotatable bonds is 5. The fourth-order valence-electron chi connectivity index (χ4n) is 4.41. The quantitative estimate of drug-likeness (QED) is 0.627. The molecule has 1 N–H and O–H groups in total. The second-order valence-corrected chi connectivity index (χ2v) is 8.50. The third-order valence-corrected chi connectivity index (χ3v) is 6.13. The van der Waals surface area contributed by atoms with Gasteiger partial charge in [-0.3, -0.25) is 0 Å². The Morgan fingerprint density at radius 1 is 1.18 bits per heavy atom. The van der Waals surface area contributed by atoms with Crippen LogP contribution in [0.15, 0.2) is 65.9 Å². The summed E-state index contributed by atoms with van der Waals surface area (Å²) in [6.45, 7) is 5.04. The van der Waals surface area contributed by atoms with Crippen molar-refractivity contribution in [3.8, 4) is 11.4 Å². The van der Waals surface area contributed by atoms with Crippen LogP contribution in [0.4, 0.5) is 0 Å². The fourth-order valence-corrected chi connectivity index (χ4v) is 4.41. The first-order valence-electron chi connectivity index (χ1n) is 11.3. The van der Waals surface area contributed by atoms with Crippen molar-refractivity contribution in [1.82, 2.24) is 14.5 Å². The Balaban J connectivity index is 1.48. The Hall–Kier alpha value is -3.78. The highest BCUT2D eigenvalue weighted by atomic mass is 16.7. The molecule has 2 aliphatic rings. The maximum absolute atomic E-state index is 9.96. The van der Waals surface area contributed by atoms with Gasteiger partial charge >= 0.3 is 0 Å². The van der Waals surface area contributed by atoms with Crippen LogP contribution < -0.4 is 4.74 Å². The second-order valence-electron chi connectivity index (χ2n) is 8.50. The molecule has 0 aliphatic carbocycles. The van der Waals surface area contributed by atoms with Gasteiger partial charge < -0.3 is 28.9 Å². The maximum atomic E-state index is 9.96. The van der Waals surface area contributed by atoms with Crippen molar-refractivity contribution < 1.29 is 19.4 Å². The summed E-state index contributed by atoms with van der Waals surface area (Å²) < 4.78 is 13.6. The molecular weight excluding hydrogens is 432 g/mol. The number of aromatic nitrogens is 2. The lowest BCUT2D eigenvalue weighted by Crippen LogP contribution is -2.50. The number of oxime groups is 1. The zero-order chi connectivity index (χ0) is 23.7. The van der Waals surface area contributed by atoms with Gasteiger partial charge in [0.05, 0.1) is 44.0 Å². The molecule has 0 spiro atoms. The summed E-state index contributed by atoms with van der Waals surface area (Å²) in [5.74, 6) is 1.96. The molecule has 1 aromatic heterocycles. The summed E-state index contributed by atoms with van der Waals surface area (Å²) >= 11 is 0. The highest BCUT2D eigenvalue weighted by Gasteiger charge is 2.40. The van der Waals surface area contributed by atoms with Crippen molar-refractivity contribution in [2.45, 2.75) is 26.0 Å². The number of amidine groups is 1. The zero-order valence-electron chi connectivity index (χ0n) is 19.5. The van der Waals surface area contributed by atoms with Gasteiger partial charge in [-0.2, -0.15) is 0 Å². The molecule has 176 valence electrons. The lowest BCUT2D eigenvalue weighted by molar-refractivity contribution is -0.0578. The summed E-state index contributed by atoms with van der Waals surface area (Å²) in [6.07, 6.45) is 5.20. The van der Waals surface area contributed by atoms with Crippen LogP contribution in [0.1, 0.15) is 28.4 Å². The van der Waals surface area contributed by atoms with Gasteiger partial charge in [0.1, 0.15) is 12.4 Å². The van der Waals surface area contributed by atoms with Gasteiger partial charge in [0.25, 0.3) is 0 Å². The van der Waals surface area contributed by atoms with E-state index in [-0.39, 0.29) is 12.6 Å². The molecule has 8 heteroatoms. The van der Waals surface area contributed by atoms with E-state index in [2.05, 4.69) is 46.2 Å². The zero-order valence-corrected chi connectivity index (χ0v) is 19.5. The Morgan fingerprint density at radius 2 is 2.00 bits per heavy atom. The van der Waals surface area contributed by atoms with E-state index < -0.39 is 6.10 Å². The maximum Gasteiger partial charge on any atom is 0.211 e. The van der Waals surface area contributed by atoms with Crippen LogP contribution in [-0.2, 0) is 9.57 Å². The lowest BCUT2D eigenvalue weighted by atomic mass is 9.97. The predicted molar refractivity (Wildman–Crippen MR) is 129 cm³/mol. The minimum Gasteiger partial charge on any atom is -0.495 e. The van der Waals surface area contributed by atoms with Crippen LogP contribution in [-0.4, -0.2) is 58.4 Å². The number of methoxy groups -OCH3 is 1.